The quantitative estimate of drug-likeness (QED) is 0.718. The minimum Gasteiger partial charge on any atom is -0.367 e. The highest BCUT2D eigenvalue weighted by Gasteiger charge is 2.21. The number of aryl methyl sites for hydroxylation is 1. The van der Waals surface area contributed by atoms with E-state index in [1.54, 1.807) is 30.5 Å². The molecule has 1 amide bonds. The van der Waals surface area contributed by atoms with E-state index in [4.69, 9.17) is 5.26 Å². The van der Waals surface area contributed by atoms with Gasteiger partial charge in [0, 0.05) is 38.3 Å². The zero-order valence-corrected chi connectivity index (χ0v) is 16.3. The molecular formula is C22H20FN5O2. The van der Waals surface area contributed by atoms with Crippen LogP contribution in [0.2, 0.25) is 0 Å². The number of carbonyl (C=O) groups excluding carboxylic acids is 1. The van der Waals surface area contributed by atoms with Crippen molar-refractivity contribution in [1.82, 2.24) is 14.9 Å². The molecule has 30 heavy (non-hydrogen) atoms. The van der Waals surface area contributed by atoms with Crippen LogP contribution in [0.3, 0.4) is 0 Å². The number of benzene rings is 1. The van der Waals surface area contributed by atoms with Gasteiger partial charge in [-0.3, -0.25) is 9.59 Å². The lowest BCUT2D eigenvalue weighted by atomic mass is 10.1. The van der Waals surface area contributed by atoms with E-state index in [0.29, 0.717) is 49.4 Å². The maximum atomic E-state index is 13.8. The van der Waals surface area contributed by atoms with E-state index in [1.807, 2.05) is 17.0 Å². The number of carbonyl (C=O) groups is 1. The number of aromatic amines is 1. The Bertz CT molecular complexity index is 1170. The van der Waals surface area contributed by atoms with Crippen LogP contribution in [0.15, 0.2) is 47.4 Å². The van der Waals surface area contributed by atoms with Gasteiger partial charge in [0.25, 0.3) is 5.56 Å². The van der Waals surface area contributed by atoms with Crippen molar-refractivity contribution < 1.29 is 9.18 Å². The maximum absolute atomic E-state index is 13.8. The summed E-state index contributed by atoms with van der Waals surface area (Å²) < 4.78 is 13.8. The molecule has 1 aliphatic heterocycles. The molecular weight excluding hydrogens is 385 g/mol. The first-order valence-corrected chi connectivity index (χ1v) is 9.74. The van der Waals surface area contributed by atoms with E-state index in [1.165, 1.54) is 6.07 Å². The zero-order valence-electron chi connectivity index (χ0n) is 16.3. The van der Waals surface area contributed by atoms with Crippen molar-refractivity contribution in [3.63, 3.8) is 0 Å². The van der Waals surface area contributed by atoms with Crippen molar-refractivity contribution in [3.8, 4) is 6.07 Å². The molecule has 1 N–H and O–H groups in total. The summed E-state index contributed by atoms with van der Waals surface area (Å²) in [5.41, 5.74) is 1.45. The Morgan fingerprint density at radius 3 is 2.70 bits per heavy atom. The van der Waals surface area contributed by atoms with E-state index in [0.717, 1.165) is 5.69 Å². The number of nitrogens with zero attached hydrogens (tertiary/aromatic N) is 4. The number of nitriles is 1. The first kappa shape index (κ1) is 19.6. The highest BCUT2D eigenvalue weighted by molar-refractivity contribution is 5.82. The van der Waals surface area contributed by atoms with Crippen LogP contribution in [0.5, 0.6) is 0 Å². The fourth-order valence-electron chi connectivity index (χ4n) is 3.72. The highest BCUT2D eigenvalue weighted by Crippen LogP contribution is 2.17. The fraction of sp³-hybridized carbons (Fsp3) is 0.273. The van der Waals surface area contributed by atoms with Gasteiger partial charge in [0.15, 0.2) is 0 Å². The van der Waals surface area contributed by atoms with Crippen molar-refractivity contribution in [2.45, 2.75) is 12.8 Å². The normalized spacial score (nSPS) is 14.0. The summed E-state index contributed by atoms with van der Waals surface area (Å²) in [7, 11) is 0. The SMILES string of the molecule is N#Cc1ccc(N2CCN(C(=O)CCc3cc4cccc(F)c4c(=O)[nH]3)CC2)cn1. The second kappa shape index (κ2) is 8.33. The summed E-state index contributed by atoms with van der Waals surface area (Å²) in [6, 6.07) is 11.8. The minimum atomic E-state index is -0.549. The smallest absolute Gasteiger partial charge is 0.258 e. The van der Waals surface area contributed by atoms with E-state index in [-0.39, 0.29) is 17.7 Å². The number of halogens is 1. The number of aromatic nitrogens is 2. The van der Waals surface area contributed by atoms with Crippen LogP contribution in [0.25, 0.3) is 10.8 Å². The number of hydrogen-bond donors (Lipinski definition) is 1. The van der Waals surface area contributed by atoms with Gasteiger partial charge < -0.3 is 14.8 Å². The largest absolute Gasteiger partial charge is 0.367 e. The molecule has 0 radical (unpaired) electrons. The maximum Gasteiger partial charge on any atom is 0.258 e. The monoisotopic (exact) mass is 405 g/mol. The van der Waals surface area contributed by atoms with Crippen LogP contribution >= 0.6 is 0 Å². The number of rotatable bonds is 4. The number of amides is 1. The Balaban J connectivity index is 1.34. The van der Waals surface area contributed by atoms with Gasteiger partial charge in [-0.15, -0.1) is 0 Å². The summed E-state index contributed by atoms with van der Waals surface area (Å²) in [4.78, 5) is 35.5. The molecule has 2 aromatic heterocycles. The number of piperazine rings is 1. The number of H-pyrrole nitrogens is 1. The van der Waals surface area contributed by atoms with Crippen molar-refractivity contribution in [3.05, 3.63) is 70.2 Å². The number of hydrogen-bond acceptors (Lipinski definition) is 5. The zero-order chi connectivity index (χ0) is 21.1. The van der Waals surface area contributed by atoms with Gasteiger partial charge in [0.2, 0.25) is 5.91 Å². The van der Waals surface area contributed by atoms with Gasteiger partial charge in [-0.05, 0) is 36.1 Å². The minimum absolute atomic E-state index is 0.0211. The van der Waals surface area contributed by atoms with Crippen LogP contribution in [0.1, 0.15) is 17.8 Å². The molecule has 0 unspecified atom stereocenters. The van der Waals surface area contributed by atoms with Gasteiger partial charge in [0.1, 0.15) is 17.6 Å². The number of fused-ring (bicyclic) bond motifs is 1. The third-order valence-corrected chi connectivity index (χ3v) is 5.34. The summed E-state index contributed by atoms with van der Waals surface area (Å²) in [6.07, 6.45) is 2.34. The van der Waals surface area contributed by atoms with E-state index < -0.39 is 11.4 Å². The number of nitrogens with one attached hydrogen (secondary N) is 1. The van der Waals surface area contributed by atoms with Gasteiger partial charge >= 0.3 is 0 Å². The second-order valence-corrected chi connectivity index (χ2v) is 7.21. The van der Waals surface area contributed by atoms with Crippen molar-refractivity contribution in [1.29, 1.82) is 5.26 Å². The number of anilines is 1. The average Bonchev–Trinajstić information content (AvgIpc) is 2.77. The molecule has 1 fully saturated rings. The molecule has 7 nitrogen and oxygen atoms in total. The van der Waals surface area contributed by atoms with Crippen LogP contribution in [0.4, 0.5) is 10.1 Å². The Morgan fingerprint density at radius 1 is 1.20 bits per heavy atom. The third-order valence-electron chi connectivity index (χ3n) is 5.34. The first-order valence-electron chi connectivity index (χ1n) is 9.74. The van der Waals surface area contributed by atoms with Gasteiger partial charge in [-0.1, -0.05) is 12.1 Å². The van der Waals surface area contributed by atoms with Gasteiger partial charge in [-0.2, -0.15) is 5.26 Å². The molecule has 3 aromatic rings. The summed E-state index contributed by atoms with van der Waals surface area (Å²) in [6.45, 7) is 2.56. The average molecular weight is 405 g/mol. The molecule has 1 aromatic carbocycles. The van der Waals surface area contributed by atoms with Crippen molar-refractivity contribution in [2.24, 2.45) is 0 Å². The summed E-state index contributed by atoms with van der Waals surface area (Å²) >= 11 is 0. The molecule has 0 bridgehead atoms. The third kappa shape index (κ3) is 4.01. The van der Waals surface area contributed by atoms with Crippen LogP contribution in [-0.4, -0.2) is 47.0 Å². The Morgan fingerprint density at radius 2 is 2.00 bits per heavy atom. The van der Waals surface area contributed by atoms with Crippen LogP contribution in [-0.2, 0) is 11.2 Å². The molecule has 3 heterocycles. The molecule has 0 atom stereocenters. The Hall–Kier alpha value is -3.73. The lowest BCUT2D eigenvalue weighted by Crippen LogP contribution is -2.48. The van der Waals surface area contributed by atoms with Crippen LogP contribution < -0.4 is 10.5 Å². The van der Waals surface area contributed by atoms with E-state index in [9.17, 15) is 14.0 Å². The standard InChI is InChI=1S/C22H20FN5O2/c23-19-3-1-2-15-12-16(26-22(30)21(15)19)5-7-20(29)28-10-8-27(9-11-28)18-6-4-17(13-24)25-14-18/h1-4,6,12,14H,5,7-11H2,(H,26,30). The molecule has 0 spiro atoms. The van der Waals surface area contributed by atoms with Crippen molar-refractivity contribution >= 4 is 22.4 Å². The molecule has 152 valence electrons. The van der Waals surface area contributed by atoms with Crippen LogP contribution in [0, 0.1) is 17.1 Å². The topological polar surface area (TPSA) is 93.1 Å². The van der Waals surface area contributed by atoms with Crippen molar-refractivity contribution in [2.75, 3.05) is 31.1 Å². The Kier molecular flexibility index (Phi) is 5.44. The van der Waals surface area contributed by atoms with Gasteiger partial charge in [-0.25, -0.2) is 9.37 Å². The first-order chi connectivity index (χ1) is 14.5. The number of pyridine rings is 2. The molecule has 4 rings (SSSR count). The molecule has 1 aliphatic rings. The van der Waals surface area contributed by atoms with E-state index >= 15 is 0 Å². The predicted molar refractivity (Wildman–Crippen MR) is 111 cm³/mol. The highest BCUT2D eigenvalue weighted by atomic mass is 19.1. The molecule has 8 heteroatoms. The fourth-order valence-corrected chi connectivity index (χ4v) is 3.72. The predicted octanol–water partition coefficient (Wildman–Crippen LogP) is 2.22. The molecule has 0 aliphatic carbocycles. The van der Waals surface area contributed by atoms with E-state index in [2.05, 4.69) is 14.9 Å². The lowest BCUT2D eigenvalue weighted by molar-refractivity contribution is -0.131. The lowest BCUT2D eigenvalue weighted by Gasteiger charge is -2.36. The Labute approximate surface area is 172 Å². The molecule has 0 saturated carbocycles. The summed E-state index contributed by atoms with van der Waals surface area (Å²) in [5.74, 6) is -0.528. The second-order valence-electron chi connectivity index (χ2n) is 7.21. The summed E-state index contributed by atoms with van der Waals surface area (Å²) in [5, 5.41) is 9.42. The molecule has 1 saturated heterocycles. The van der Waals surface area contributed by atoms with Gasteiger partial charge in [0.05, 0.1) is 17.3 Å².